The van der Waals surface area contributed by atoms with Crippen molar-refractivity contribution in [1.82, 2.24) is 0 Å². The summed E-state index contributed by atoms with van der Waals surface area (Å²) in [6, 6.07) is 14.5. The maximum Gasteiger partial charge on any atom is 0.162 e. The van der Waals surface area contributed by atoms with Crippen molar-refractivity contribution in [3.05, 3.63) is 59.2 Å². The lowest BCUT2D eigenvalue weighted by Crippen LogP contribution is -2.11. The molecule has 114 valence electrons. The highest BCUT2D eigenvalue weighted by Crippen LogP contribution is 2.46. The summed E-state index contributed by atoms with van der Waals surface area (Å²) in [6.45, 7) is 5.44. The second kappa shape index (κ2) is 6.45. The highest BCUT2D eigenvalue weighted by atomic mass is 16.5. The molecule has 0 N–H and O–H groups in total. The van der Waals surface area contributed by atoms with Crippen molar-refractivity contribution in [2.24, 2.45) is 0 Å². The van der Waals surface area contributed by atoms with Crippen LogP contribution in [0.2, 0.25) is 0 Å². The fraction of sp³-hybridized carbons (Fsp3) is 0.350. The Labute approximate surface area is 132 Å². The Kier molecular flexibility index (Phi) is 4.39. The zero-order valence-electron chi connectivity index (χ0n) is 13.3. The lowest BCUT2D eigenvalue weighted by atomic mass is 9.91. The predicted molar refractivity (Wildman–Crippen MR) is 89.5 cm³/mol. The lowest BCUT2D eigenvalue weighted by molar-refractivity contribution is 0.0985. The van der Waals surface area contributed by atoms with Crippen LogP contribution in [0.1, 0.15) is 54.1 Å². The summed E-state index contributed by atoms with van der Waals surface area (Å²) in [6.07, 6.45) is 1.55. The van der Waals surface area contributed by atoms with Crippen molar-refractivity contribution in [2.75, 3.05) is 13.2 Å². The Bertz CT molecular complexity index is 688. The van der Waals surface area contributed by atoms with Gasteiger partial charge >= 0.3 is 0 Å². The third-order valence-corrected chi connectivity index (χ3v) is 4.34. The summed E-state index contributed by atoms with van der Waals surface area (Å²) < 4.78 is 5.84. The van der Waals surface area contributed by atoms with Crippen molar-refractivity contribution < 1.29 is 9.53 Å². The third kappa shape index (κ3) is 2.48. The van der Waals surface area contributed by atoms with Crippen LogP contribution in [0, 0.1) is 0 Å². The van der Waals surface area contributed by atoms with Crippen molar-refractivity contribution in [2.45, 2.75) is 32.6 Å². The lowest BCUT2D eigenvalue weighted by Gasteiger charge is -2.16. The van der Waals surface area contributed by atoms with E-state index in [1.165, 1.54) is 16.7 Å². The van der Waals surface area contributed by atoms with Crippen LogP contribution in [0.15, 0.2) is 42.5 Å². The van der Waals surface area contributed by atoms with Crippen molar-refractivity contribution in [1.29, 1.82) is 0 Å². The molecule has 1 unspecified atom stereocenters. The van der Waals surface area contributed by atoms with Crippen LogP contribution in [0.4, 0.5) is 0 Å². The molecule has 0 radical (unpaired) electrons. The topological polar surface area (TPSA) is 26.3 Å². The molecule has 3 rings (SSSR count). The molecule has 0 saturated heterocycles. The number of hydrogen-bond donors (Lipinski definition) is 0. The van der Waals surface area contributed by atoms with Crippen LogP contribution >= 0.6 is 0 Å². The Morgan fingerprint density at radius 3 is 2.59 bits per heavy atom. The van der Waals surface area contributed by atoms with Crippen molar-refractivity contribution >= 4 is 5.78 Å². The number of carbonyl (C=O) groups is 1. The minimum Gasteiger partial charge on any atom is -0.380 e. The largest absolute Gasteiger partial charge is 0.380 e. The van der Waals surface area contributed by atoms with Gasteiger partial charge in [-0.15, -0.1) is 0 Å². The first-order valence-corrected chi connectivity index (χ1v) is 8.11. The Hall–Kier alpha value is -1.93. The highest BCUT2D eigenvalue weighted by molar-refractivity contribution is 6.00. The van der Waals surface area contributed by atoms with E-state index in [1.54, 1.807) is 0 Å². The molecular weight excluding hydrogens is 272 g/mol. The van der Waals surface area contributed by atoms with E-state index in [0.717, 1.165) is 24.2 Å². The summed E-state index contributed by atoms with van der Waals surface area (Å²) in [5, 5.41) is 0. The van der Waals surface area contributed by atoms with Crippen molar-refractivity contribution in [3.8, 4) is 11.1 Å². The van der Waals surface area contributed by atoms with E-state index in [4.69, 9.17) is 4.74 Å². The molecule has 2 aromatic carbocycles. The van der Waals surface area contributed by atoms with Crippen LogP contribution in [-0.4, -0.2) is 19.0 Å². The Balaban J connectivity index is 2.10. The molecule has 0 aliphatic heterocycles. The van der Waals surface area contributed by atoms with Gasteiger partial charge in [-0.3, -0.25) is 4.79 Å². The van der Waals surface area contributed by atoms with Crippen LogP contribution < -0.4 is 0 Å². The number of rotatable bonds is 6. The minimum atomic E-state index is 0.171. The molecule has 1 atom stereocenters. The first-order valence-electron chi connectivity index (χ1n) is 8.11. The summed E-state index contributed by atoms with van der Waals surface area (Å²) >= 11 is 0. The van der Waals surface area contributed by atoms with Gasteiger partial charge in [-0.05, 0) is 28.7 Å². The van der Waals surface area contributed by atoms with E-state index >= 15 is 0 Å². The Morgan fingerprint density at radius 2 is 1.82 bits per heavy atom. The number of ether oxygens (including phenoxy) is 1. The van der Waals surface area contributed by atoms with Gasteiger partial charge in [0.05, 0.1) is 6.61 Å². The normalized spacial score (nSPS) is 15.5. The molecule has 0 bridgehead atoms. The number of fused-ring (bicyclic) bond motifs is 3. The van der Waals surface area contributed by atoms with E-state index < -0.39 is 0 Å². The standard InChI is InChI=1S/C20H22O2/c1-3-12-22-13-18-15-9-6-5-8-14(15)16-10-7-11-17(20(16)18)19(21)4-2/h5-11,18H,3-4,12-13H2,1-2H3. The summed E-state index contributed by atoms with van der Waals surface area (Å²) in [5.41, 5.74) is 5.74. The average molecular weight is 294 g/mol. The third-order valence-electron chi connectivity index (χ3n) is 4.34. The van der Waals surface area contributed by atoms with Gasteiger partial charge < -0.3 is 4.74 Å². The van der Waals surface area contributed by atoms with Crippen LogP contribution in [0.3, 0.4) is 0 Å². The minimum absolute atomic E-state index is 0.171. The number of benzene rings is 2. The number of ketones is 1. The van der Waals surface area contributed by atoms with Crippen molar-refractivity contribution in [3.63, 3.8) is 0 Å². The van der Waals surface area contributed by atoms with Gasteiger partial charge in [0.1, 0.15) is 0 Å². The van der Waals surface area contributed by atoms with Crippen LogP contribution in [0.5, 0.6) is 0 Å². The predicted octanol–water partition coefficient (Wildman–Crippen LogP) is 4.82. The van der Waals surface area contributed by atoms with Gasteiger partial charge in [-0.25, -0.2) is 0 Å². The van der Waals surface area contributed by atoms with E-state index in [9.17, 15) is 4.79 Å². The second-order valence-electron chi connectivity index (χ2n) is 5.76. The van der Waals surface area contributed by atoms with E-state index in [0.29, 0.717) is 13.0 Å². The molecule has 2 heteroatoms. The van der Waals surface area contributed by atoms with Gasteiger partial charge in [-0.1, -0.05) is 56.3 Å². The van der Waals surface area contributed by atoms with E-state index in [-0.39, 0.29) is 11.7 Å². The molecule has 2 nitrogen and oxygen atoms in total. The molecule has 0 amide bonds. The quantitative estimate of drug-likeness (QED) is 0.564. The van der Waals surface area contributed by atoms with Gasteiger partial charge in [0, 0.05) is 24.5 Å². The van der Waals surface area contributed by atoms with Crippen LogP contribution in [0.25, 0.3) is 11.1 Å². The Morgan fingerprint density at radius 1 is 1.05 bits per heavy atom. The number of hydrogen-bond acceptors (Lipinski definition) is 2. The molecular formula is C20H22O2. The van der Waals surface area contributed by atoms with Gasteiger partial charge in [0.2, 0.25) is 0 Å². The molecule has 0 spiro atoms. The molecule has 0 aromatic heterocycles. The maximum atomic E-state index is 12.4. The van der Waals surface area contributed by atoms with Gasteiger partial charge in [0.15, 0.2) is 5.78 Å². The second-order valence-corrected chi connectivity index (χ2v) is 5.76. The van der Waals surface area contributed by atoms with E-state index in [1.807, 2.05) is 19.1 Å². The molecule has 1 aliphatic carbocycles. The first-order chi connectivity index (χ1) is 10.8. The summed E-state index contributed by atoms with van der Waals surface area (Å²) in [7, 11) is 0. The fourth-order valence-electron chi connectivity index (χ4n) is 3.33. The molecule has 0 fully saturated rings. The van der Waals surface area contributed by atoms with Gasteiger partial charge in [-0.2, -0.15) is 0 Å². The van der Waals surface area contributed by atoms with Crippen LogP contribution in [-0.2, 0) is 4.74 Å². The monoisotopic (exact) mass is 294 g/mol. The SMILES string of the molecule is CCCOCC1c2ccccc2-c2cccc(C(=O)CC)c21. The molecule has 22 heavy (non-hydrogen) atoms. The fourth-order valence-corrected chi connectivity index (χ4v) is 3.33. The molecule has 1 aliphatic rings. The molecule has 2 aromatic rings. The zero-order chi connectivity index (χ0) is 15.5. The number of Topliss-reactive ketones (excluding diaryl/α,β-unsaturated/α-hetero) is 1. The summed E-state index contributed by atoms with van der Waals surface area (Å²) in [5.74, 6) is 0.384. The van der Waals surface area contributed by atoms with Gasteiger partial charge in [0.25, 0.3) is 0 Å². The highest BCUT2D eigenvalue weighted by Gasteiger charge is 2.31. The number of carbonyl (C=O) groups excluding carboxylic acids is 1. The molecule has 0 heterocycles. The maximum absolute atomic E-state index is 12.4. The average Bonchev–Trinajstić information content (AvgIpc) is 2.89. The first kappa shape index (κ1) is 15.0. The zero-order valence-corrected chi connectivity index (χ0v) is 13.3. The van der Waals surface area contributed by atoms with E-state index in [2.05, 4.69) is 37.3 Å². The smallest absolute Gasteiger partial charge is 0.162 e. The summed E-state index contributed by atoms with van der Waals surface area (Å²) in [4.78, 5) is 12.4. The molecule has 0 saturated carbocycles.